The van der Waals surface area contributed by atoms with Gasteiger partial charge < -0.3 is 13.6 Å². The molecule has 1 aromatic rings. The summed E-state index contributed by atoms with van der Waals surface area (Å²) in [5.41, 5.74) is 0.475. The SMILES string of the molecule is CC(=O)O[Si](C)(CCCOC(=O)c1ccccc1)OC(C)=O. The molecule has 0 spiro atoms. The van der Waals surface area contributed by atoms with Crippen molar-refractivity contribution in [3.8, 4) is 0 Å². The lowest BCUT2D eigenvalue weighted by Gasteiger charge is -2.24. The molecule has 0 N–H and O–H groups in total. The summed E-state index contributed by atoms with van der Waals surface area (Å²) in [6, 6.07) is 9.02. The highest BCUT2D eigenvalue weighted by Crippen LogP contribution is 2.17. The van der Waals surface area contributed by atoms with Crippen molar-refractivity contribution >= 4 is 26.5 Å². The molecule has 1 rings (SSSR count). The van der Waals surface area contributed by atoms with Gasteiger partial charge in [0.2, 0.25) is 0 Å². The fraction of sp³-hybridized carbons (Fsp3) is 0.400. The Hall–Kier alpha value is -2.15. The number of carbonyl (C=O) groups is 3. The first kappa shape index (κ1) is 17.9. The lowest BCUT2D eigenvalue weighted by molar-refractivity contribution is -0.138. The van der Waals surface area contributed by atoms with Gasteiger partial charge in [-0.25, -0.2) is 4.79 Å². The molecule has 22 heavy (non-hydrogen) atoms. The molecule has 120 valence electrons. The predicted octanol–water partition coefficient (Wildman–Crippen LogP) is 2.43. The molecule has 0 fully saturated rings. The minimum absolute atomic E-state index is 0.166. The number of carbonyl (C=O) groups excluding carboxylic acids is 3. The van der Waals surface area contributed by atoms with Gasteiger partial charge in [0.05, 0.1) is 12.2 Å². The largest absolute Gasteiger partial charge is 0.485 e. The molecule has 0 radical (unpaired) electrons. The maximum absolute atomic E-state index is 11.7. The van der Waals surface area contributed by atoms with Crippen LogP contribution in [0.2, 0.25) is 12.6 Å². The second kappa shape index (κ2) is 8.33. The van der Waals surface area contributed by atoms with Gasteiger partial charge in [0.1, 0.15) is 0 Å². The molecule has 0 aromatic heterocycles. The van der Waals surface area contributed by atoms with Crippen LogP contribution in [0.25, 0.3) is 0 Å². The van der Waals surface area contributed by atoms with E-state index >= 15 is 0 Å². The summed E-state index contributed by atoms with van der Waals surface area (Å²) < 4.78 is 15.4. The van der Waals surface area contributed by atoms with Gasteiger partial charge in [0.15, 0.2) is 0 Å². The maximum Gasteiger partial charge on any atom is 0.461 e. The number of hydrogen-bond donors (Lipinski definition) is 0. The van der Waals surface area contributed by atoms with Gasteiger partial charge in [0.25, 0.3) is 11.9 Å². The van der Waals surface area contributed by atoms with E-state index in [1.54, 1.807) is 30.8 Å². The van der Waals surface area contributed by atoms with Gasteiger partial charge in [-0.15, -0.1) is 0 Å². The Labute approximate surface area is 130 Å². The molecule has 0 bridgehead atoms. The van der Waals surface area contributed by atoms with Crippen molar-refractivity contribution < 1.29 is 28.0 Å². The van der Waals surface area contributed by atoms with Crippen LogP contribution in [0, 0.1) is 0 Å². The predicted molar refractivity (Wildman–Crippen MR) is 81.3 cm³/mol. The Morgan fingerprint density at radius 3 is 2.05 bits per heavy atom. The third-order valence-electron chi connectivity index (χ3n) is 2.74. The van der Waals surface area contributed by atoms with Crippen molar-refractivity contribution in [3.05, 3.63) is 35.9 Å². The summed E-state index contributed by atoms with van der Waals surface area (Å²) >= 11 is 0. The van der Waals surface area contributed by atoms with Gasteiger partial charge in [-0.1, -0.05) is 18.2 Å². The minimum atomic E-state index is -2.92. The van der Waals surface area contributed by atoms with E-state index in [1.165, 1.54) is 13.8 Å². The first-order valence-corrected chi connectivity index (χ1v) is 9.46. The third-order valence-corrected chi connectivity index (χ3v) is 5.44. The van der Waals surface area contributed by atoms with Crippen molar-refractivity contribution in [1.29, 1.82) is 0 Å². The molecule has 0 aliphatic carbocycles. The fourth-order valence-corrected chi connectivity index (χ4v) is 4.20. The molecule has 0 aliphatic rings. The van der Waals surface area contributed by atoms with E-state index in [0.29, 0.717) is 18.0 Å². The summed E-state index contributed by atoms with van der Waals surface area (Å²) in [5.74, 6) is -1.39. The quantitative estimate of drug-likeness (QED) is 0.435. The van der Waals surface area contributed by atoms with E-state index in [2.05, 4.69) is 0 Å². The zero-order chi connectivity index (χ0) is 16.6. The van der Waals surface area contributed by atoms with Gasteiger partial charge >= 0.3 is 14.5 Å². The molecule has 0 atom stereocenters. The van der Waals surface area contributed by atoms with Crippen LogP contribution < -0.4 is 0 Å². The van der Waals surface area contributed by atoms with E-state index in [9.17, 15) is 14.4 Å². The molecule has 6 nitrogen and oxygen atoms in total. The summed E-state index contributed by atoms with van der Waals surface area (Å²) in [4.78, 5) is 33.9. The second-order valence-corrected chi connectivity index (χ2v) is 8.10. The topological polar surface area (TPSA) is 78.9 Å². The smallest absolute Gasteiger partial charge is 0.461 e. The number of ether oxygens (including phenoxy) is 1. The summed E-state index contributed by atoms with van der Waals surface area (Å²) in [7, 11) is -2.92. The highest BCUT2D eigenvalue weighted by Gasteiger charge is 2.37. The highest BCUT2D eigenvalue weighted by molar-refractivity contribution is 6.69. The van der Waals surface area contributed by atoms with Gasteiger partial charge in [-0.2, -0.15) is 0 Å². The Balaban J connectivity index is 2.44. The van der Waals surface area contributed by atoms with Crippen molar-refractivity contribution in [3.63, 3.8) is 0 Å². The highest BCUT2D eigenvalue weighted by atomic mass is 28.4. The van der Waals surface area contributed by atoms with Crippen LogP contribution in [0.3, 0.4) is 0 Å². The van der Waals surface area contributed by atoms with E-state index in [4.69, 9.17) is 13.6 Å². The third kappa shape index (κ3) is 6.53. The summed E-state index contributed by atoms with van der Waals surface area (Å²) in [6.07, 6.45) is 0.446. The fourth-order valence-electron chi connectivity index (χ4n) is 1.95. The van der Waals surface area contributed by atoms with Crippen LogP contribution in [-0.4, -0.2) is 33.1 Å². The lowest BCUT2D eigenvalue weighted by Crippen LogP contribution is -2.41. The standard InChI is InChI=1S/C15H20O6Si/c1-12(16)20-22(3,21-13(2)17)11-7-10-19-15(18)14-8-5-4-6-9-14/h4-6,8-9H,7,10-11H2,1-3H3. The Morgan fingerprint density at radius 2 is 1.55 bits per heavy atom. The first-order valence-electron chi connectivity index (χ1n) is 6.94. The van der Waals surface area contributed by atoms with E-state index in [-0.39, 0.29) is 6.61 Å². The van der Waals surface area contributed by atoms with Crippen LogP contribution in [0.15, 0.2) is 30.3 Å². The van der Waals surface area contributed by atoms with Crippen LogP contribution in [0.4, 0.5) is 0 Å². The number of benzene rings is 1. The van der Waals surface area contributed by atoms with E-state index in [0.717, 1.165) is 0 Å². The van der Waals surface area contributed by atoms with Crippen molar-refractivity contribution in [2.45, 2.75) is 32.9 Å². The molecular formula is C15H20O6Si. The van der Waals surface area contributed by atoms with Crippen LogP contribution in [-0.2, 0) is 23.2 Å². The molecule has 1 aromatic carbocycles. The molecule has 0 unspecified atom stereocenters. The Kier molecular flexibility index (Phi) is 6.78. The molecular weight excluding hydrogens is 304 g/mol. The van der Waals surface area contributed by atoms with Crippen LogP contribution >= 0.6 is 0 Å². The van der Waals surface area contributed by atoms with E-state index in [1.807, 2.05) is 6.07 Å². The number of hydrogen-bond acceptors (Lipinski definition) is 6. The van der Waals surface area contributed by atoms with Gasteiger partial charge in [0, 0.05) is 26.4 Å². The molecule has 0 heterocycles. The van der Waals surface area contributed by atoms with Crippen LogP contribution in [0.1, 0.15) is 30.6 Å². The summed E-state index contributed by atoms with van der Waals surface area (Å²) in [6.45, 7) is 4.34. The molecule has 7 heteroatoms. The van der Waals surface area contributed by atoms with Gasteiger partial charge in [-0.3, -0.25) is 9.59 Å². The monoisotopic (exact) mass is 324 g/mol. The first-order chi connectivity index (χ1) is 10.3. The van der Waals surface area contributed by atoms with Crippen molar-refractivity contribution in [1.82, 2.24) is 0 Å². The Morgan fingerprint density at radius 1 is 1.00 bits per heavy atom. The average Bonchev–Trinajstić information content (AvgIpc) is 2.42. The molecule has 0 saturated carbocycles. The second-order valence-electron chi connectivity index (χ2n) is 4.93. The van der Waals surface area contributed by atoms with Gasteiger partial charge in [-0.05, 0) is 18.6 Å². The van der Waals surface area contributed by atoms with Crippen molar-refractivity contribution in [2.24, 2.45) is 0 Å². The maximum atomic E-state index is 11.7. The molecule has 0 aliphatic heterocycles. The van der Waals surface area contributed by atoms with Crippen LogP contribution in [0.5, 0.6) is 0 Å². The molecule has 0 saturated heterocycles. The lowest BCUT2D eigenvalue weighted by atomic mass is 10.2. The number of rotatable bonds is 7. The summed E-state index contributed by atoms with van der Waals surface area (Å²) in [5, 5.41) is 0. The zero-order valence-corrected chi connectivity index (χ0v) is 14.0. The minimum Gasteiger partial charge on any atom is -0.485 e. The normalized spacial score (nSPS) is 10.7. The number of esters is 1. The average molecular weight is 324 g/mol. The molecule has 0 amide bonds. The zero-order valence-electron chi connectivity index (χ0n) is 13.0. The van der Waals surface area contributed by atoms with Crippen molar-refractivity contribution in [2.75, 3.05) is 6.61 Å². The van der Waals surface area contributed by atoms with E-state index < -0.39 is 26.5 Å². The Bertz CT molecular complexity index is 512.